The molecule has 4 atom stereocenters. The largest absolute Gasteiger partial charge is 0.451 e. The topological polar surface area (TPSA) is 110 Å². The summed E-state index contributed by atoms with van der Waals surface area (Å²) in [6, 6.07) is 29.9. The van der Waals surface area contributed by atoms with Crippen LogP contribution in [0, 0.1) is 22.0 Å². The van der Waals surface area contributed by atoms with E-state index < -0.39 is 52.7 Å². The summed E-state index contributed by atoms with van der Waals surface area (Å²) in [6.07, 6.45) is 3.04. The highest BCUT2D eigenvalue weighted by molar-refractivity contribution is 6.24. The molecule has 0 saturated carbocycles. The molecule has 2 amide bonds. The normalized spacial score (nSPS) is 21.9. The number of hydrogen-bond acceptors (Lipinski definition) is 7. The van der Waals surface area contributed by atoms with Crippen molar-refractivity contribution >= 4 is 40.9 Å². The lowest BCUT2D eigenvalue weighted by Gasteiger charge is -2.36. The number of nitrogens with zero attached hydrogens (tertiary/aromatic N) is 3. The van der Waals surface area contributed by atoms with E-state index in [-0.39, 0.29) is 11.4 Å². The molecule has 43 heavy (non-hydrogen) atoms. The number of para-hydroxylation sites is 1. The number of amides is 2. The predicted molar refractivity (Wildman–Crippen MR) is 159 cm³/mol. The lowest BCUT2D eigenvalue weighted by atomic mass is 9.88. The van der Waals surface area contributed by atoms with E-state index in [1.165, 1.54) is 24.3 Å². The summed E-state index contributed by atoms with van der Waals surface area (Å²) in [5.41, 5.74) is 3.22. The Bertz CT molecular complexity index is 1730. The van der Waals surface area contributed by atoms with Crippen LogP contribution in [0.25, 0.3) is 6.08 Å². The fraction of sp³-hybridized carbons (Fsp3) is 0.147. The van der Waals surface area contributed by atoms with Crippen LogP contribution in [0.5, 0.6) is 0 Å². The van der Waals surface area contributed by atoms with Crippen molar-refractivity contribution < 1.29 is 24.0 Å². The molecule has 3 heterocycles. The summed E-state index contributed by atoms with van der Waals surface area (Å²) in [4.78, 5) is 56.0. The summed E-state index contributed by atoms with van der Waals surface area (Å²) in [6.45, 7) is 0. The van der Waals surface area contributed by atoms with Crippen molar-refractivity contribution in [2.75, 3.05) is 9.80 Å². The van der Waals surface area contributed by atoms with Gasteiger partial charge in [0.25, 0.3) is 5.69 Å². The molecule has 212 valence electrons. The average molecular weight is 572 g/mol. The van der Waals surface area contributed by atoms with E-state index in [9.17, 15) is 24.5 Å². The molecule has 3 aliphatic heterocycles. The standard InChI is InChI=1S/C34H25N3O6/c38-32-28-27-20-15-21-9-7-8-14-26(21)36(27)30(29(28)33(39)35(32)24-16-18-25(19-17-24)37(41)42)34(40)43-31(22-10-3-1-4-11-22)23-12-5-2-6-13-23/h1-20,27-31H/t27-,28-,29-,30+/m1/s1. The number of non-ortho nitro benzene ring substituents is 1. The third kappa shape index (κ3) is 4.28. The van der Waals surface area contributed by atoms with Crippen molar-refractivity contribution in [3.8, 4) is 0 Å². The molecule has 3 aliphatic rings. The van der Waals surface area contributed by atoms with Gasteiger partial charge in [0.05, 0.1) is 28.5 Å². The minimum absolute atomic E-state index is 0.157. The Kier molecular flexibility index (Phi) is 6.35. The van der Waals surface area contributed by atoms with Crippen molar-refractivity contribution in [3.63, 3.8) is 0 Å². The zero-order valence-corrected chi connectivity index (χ0v) is 22.7. The van der Waals surface area contributed by atoms with Gasteiger partial charge in [-0.2, -0.15) is 0 Å². The summed E-state index contributed by atoms with van der Waals surface area (Å²) in [5.74, 6) is -3.49. The van der Waals surface area contributed by atoms with Crippen LogP contribution in [-0.4, -0.2) is 34.8 Å². The van der Waals surface area contributed by atoms with Gasteiger partial charge in [0, 0.05) is 17.8 Å². The maximum Gasteiger partial charge on any atom is 0.330 e. The number of nitro benzene ring substituents is 1. The number of imide groups is 1. The zero-order chi connectivity index (χ0) is 29.7. The number of nitro groups is 1. The van der Waals surface area contributed by atoms with Crippen LogP contribution < -0.4 is 9.80 Å². The molecular formula is C34H25N3O6. The molecule has 4 aromatic rings. The van der Waals surface area contributed by atoms with E-state index in [2.05, 4.69) is 0 Å². The Balaban J connectivity index is 1.30. The van der Waals surface area contributed by atoms with E-state index in [0.29, 0.717) is 0 Å². The third-order valence-electron chi connectivity index (χ3n) is 8.41. The van der Waals surface area contributed by atoms with Crippen LogP contribution in [0.4, 0.5) is 17.1 Å². The smallest absolute Gasteiger partial charge is 0.330 e. The van der Waals surface area contributed by atoms with Gasteiger partial charge in [-0.1, -0.05) is 91.0 Å². The predicted octanol–water partition coefficient (Wildman–Crippen LogP) is 5.32. The SMILES string of the molecule is O=C(OC(c1ccccc1)c1ccccc1)[C@@H]1[C@@H]2C(=O)N(c3ccc([N+](=O)[O-])cc3)C(=O)[C@@H]2[C@H]2C=Cc3ccccc3N21. The number of anilines is 2. The lowest BCUT2D eigenvalue weighted by molar-refractivity contribution is -0.384. The van der Waals surface area contributed by atoms with Crippen LogP contribution in [0.15, 0.2) is 115 Å². The number of ether oxygens (including phenoxy) is 1. The first kappa shape index (κ1) is 26.3. The van der Waals surface area contributed by atoms with Crippen molar-refractivity contribution in [1.29, 1.82) is 0 Å². The zero-order valence-electron chi connectivity index (χ0n) is 22.7. The maximum absolute atomic E-state index is 14.4. The van der Waals surface area contributed by atoms with Gasteiger partial charge in [0.2, 0.25) is 11.8 Å². The van der Waals surface area contributed by atoms with Gasteiger partial charge < -0.3 is 9.64 Å². The third-order valence-corrected chi connectivity index (χ3v) is 8.41. The summed E-state index contributed by atoms with van der Waals surface area (Å²) in [5, 5.41) is 11.2. The first-order valence-corrected chi connectivity index (χ1v) is 13.9. The van der Waals surface area contributed by atoms with Gasteiger partial charge in [-0.05, 0) is 34.9 Å². The first-order chi connectivity index (χ1) is 20.9. The summed E-state index contributed by atoms with van der Waals surface area (Å²) in [7, 11) is 0. The van der Waals surface area contributed by atoms with Crippen LogP contribution in [0.1, 0.15) is 22.8 Å². The molecule has 4 aromatic carbocycles. The number of benzene rings is 4. The molecule has 7 rings (SSSR count). The Morgan fingerprint density at radius 3 is 1.98 bits per heavy atom. The quantitative estimate of drug-likeness (QED) is 0.133. The molecular weight excluding hydrogens is 546 g/mol. The number of carbonyl (C=O) groups excluding carboxylic acids is 3. The Morgan fingerprint density at radius 1 is 0.767 bits per heavy atom. The Labute approximate surface area is 246 Å². The van der Waals surface area contributed by atoms with E-state index in [4.69, 9.17) is 4.74 Å². The number of fused-ring (bicyclic) bond motifs is 5. The van der Waals surface area contributed by atoms with Crippen LogP contribution in [0.2, 0.25) is 0 Å². The van der Waals surface area contributed by atoms with E-state index in [1.807, 2.05) is 102 Å². The van der Waals surface area contributed by atoms with Crippen LogP contribution in [0.3, 0.4) is 0 Å². The second-order valence-corrected chi connectivity index (χ2v) is 10.7. The van der Waals surface area contributed by atoms with E-state index >= 15 is 0 Å². The van der Waals surface area contributed by atoms with Gasteiger partial charge in [-0.3, -0.25) is 19.7 Å². The van der Waals surface area contributed by atoms with Crippen LogP contribution in [-0.2, 0) is 19.1 Å². The number of rotatable bonds is 6. The molecule has 9 nitrogen and oxygen atoms in total. The second kappa shape index (κ2) is 10.4. The van der Waals surface area contributed by atoms with Gasteiger partial charge in [0.15, 0.2) is 6.10 Å². The minimum Gasteiger partial charge on any atom is -0.451 e. The molecule has 0 aliphatic carbocycles. The van der Waals surface area contributed by atoms with Crippen molar-refractivity contribution in [2.45, 2.75) is 18.2 Å². The first-order valence-electron chi connectivity index (χ1n) is 13.9. The molecule has 0 bridgehead atoms. The fourth-order valence-corrected chi connectivity index (χ4v) is 6.53. The minimum atomic E-state index is -1.09. The highest BCUT2D eigenvalue weighted by atomic mass is 16.6. The lowest BCUT2D eigenvalue weighted by Crippen LogP contribution is -2.49. The number of esters is 1. The average Bonchev–Trinajstić information content (AvgIpc) is 3.53. The molecule has 0 unspecified atom stereocenters. The molecule has 2 fully saturated rings. The molecule has 0 radical (unpaired) electrons. The molecule has 2 saturated heterocycles. The monoisotopic (exact) mass is 571 g/mol. The van der Waals surface area contributed by atoms with E-state index in [1.54, 1.807) is 0 Å². The van der Waals surface area contributed by atoms with Crippen molar-refractivity contribution in [2.24, 2.45) is 11.8 Å². The van der Waals surface area contributed by atoms with E-state index in [0.717, 1.165) is 27.3 Å². The molecule has 0 N–H and O–H groups in total. The second-order valence-electron chi connectivity index (χ2n) is 10.7. The van der Waals surface area contributed by atoms with Crippen molar-refractivity contribution in [3.05, 3.63) is 142 Å². The Morgan fingerprint density at radius 2 is 1.35 bits per heavy atom. The highest BCUT2D eigenvalue weighted by Crippen LogP contribution is 2.50. The molecule has 9 heteroatoms. The Hall–Kier alpha value is -5.57. The summed E-state index contributed by atoms with van der Waals surface area (Å²) < 4.78 is 6.28. The van der Waals surface area contributed by atoms with Crippen molar-refractivity contribution in [1.82, 2.24) is 0 Å². The number of carbonyl (C=O) groups is 3. The summed E-state index contributed by atoms with van der Waals surface area (Å²) >= 11 is 0. The fourth-order valence-electron chi connectivity index (χ4n) is 6.53. The number of hydrogen-bond donors (Lipinski definition) is 0. The molecule has 0 aromatic heterocycles. The van der Waals surface area contributed by atoms with Gasteiger partial charge in [-0.15, -0.1) is 0 Å². The molecule has 0 spiro atoms. The van der Waals surface area contributed by atoms with Gasteiger partial charge in [0.1, 0.15) is 6.04 Å². The maximum atomic E-state index is 14.4. The van der Waals surface area contributed by atoms with Crippen LogP contribution >= 0.6 is 0 Å². The highest BCUT2D eigenvalue weighted by Gasteiger charge is 2.65. The van der Waals surface area contributed by atoms with Gasteiger partial charge in [-0.25, -0.2) is 9.69 Å². The van der Waals surface area contributed by atoms with Gasteiger partial charge >= 0.3 is 5.97 Å².